The van der Waals surface area contributed by atoms with Gasteiger partial charge in [-0.3, -0.25) is 4.57 Å². The number of rotatable bonds is 7. The van der Waals surface area contributed by atoms with E-state index >= 15 is 0 Å². The predicted molar refractivity (Wildman–Crippen MR) is 273 cm³/mol. The standard InChI is InChI=1S/C61H39N5/c1-4-16-40(17-5-1)48-26-14-20-42-21-15-27-49(58(42)48)41-30-32-44(33-31-41)60-62-59(43-18-6-2-7-19-43)63-61(64-60)66-55-29-13-11-25-51(55)53-39-46(35-37-57(53)66)45-34-36-56-52(38-45)50-24-10-12-28-54(50)65(56)47-22-8-3-9-23-47/h1-39H. The van der Waals surface area contributed by atoms with Crippen molar-refractivity contribution < 1.29 is 0 Å². The second-order valence-corrected chi connectivity index (χ2v) is 16.8. The fourth-order valence-electron chi connectivity index (χ4n) is 9.92. The number of para-hydroxylation sites is 3. The third kappa shape index (κ3) is 6.21. The van der Waals surface area contributed by atoms with Gasteiger partial charge in [0.15, 0.2) is 11.6 Å². The zero-order valence-corrected chi connectivity index (χ0v) is 35.8. The van der Waals surface area contributed by atoms with Crippen molar-refractivity contribution in [2.24, 2.45) is 0 Å². The van der Waals surface area contributed by atoms with Gasteiger partial charge in [-0.05, 0) is 92.7 Å². The Bertz CT molecular complexity index is 3960. The molecule has 66 heavy (non-hydrogen) atoms. The Morgan fingerprint density at radius 1 is 0.273 bits per heavy atom. The molecular weight excluding hydrogens is 803 g/mol. The highest BCUT2D eigenvalue weighted by atomic mass is 15.2. The topological polar surface area (TPSA) is 48.5 Å². The molecule has 0 bridgehead atoms. The Morgan fingerprint density at radius 3 is 1.29 bits per heavy atom. The van der Waals surface area contributed by atoms with Gasteiger partial charge in [0.05, 0.1) is 22.1 Å². The third-order valence-electron chi connectivity index (χ3n) is 13.0. The molecule has 0 atom stereocenters. The second-order valence-electron chi connectivity index (χ2n) is 16.8. The van der Waals surface area contributed by atoms with Crippen LogP contribution in [0.2, 0.25) is 0 Å². The normalized spacial score (nSPS) is 11.6. The Balaban J connectivity index is 0.942. The Morgan fingerprint density at radius 2 is 0.697 bits per heavy atom. The van der Waals surface area contributed by atoms with Gasteiger partial charge in [0.2, 0.25) is 5.95 Å². The van der Waals surface area contributed by atoms with E-state index in [1.165, 1.54) is 49.3 Å². The third-order valence-corrected chi connectivity index (χ3v) is 13.0. The van der Waals surface area contributed by atoms with Crippen LogP contribution in [0.4, 0.5) is 0 Å². The van der Waals surface area contributed by atoms with Gasteiger partial charge in [0.1, 0.15) is 0 Å². The van der Waals surface area contributed by atoms with Crippen LogP contribution in [0.15, 0.2) is 237 Å². The highest BCUT2D eigenvalue weighted by Crippen LogP contribution is 2.40. The fraction of sp³-hybridized carbons (Fsp3) is 0. The monoisotopic (exact) mass is 841 g/mol. The van der Waals surface area contributed by atoms with Crippen molar-refractivity contribution in [3.8, 4) is 67.8 Å². The van der Waals surface area contributed by atoms with Crippen molar-refractivity contribution in [3.63, 3.8) is 0 Å². The molecule has 3 heterocycles. The molecule has 13 rings (SSSR count). The number of hydrogen-bond donors (Lipinski definition) is 0. The van der Waals surface area contributed by atoms with Gasteiger partial charge in [0, 0.05) is 38.4 Å². The minimum atomic E-state index is 0.568. The molecule has 5 nitrogen and oxygen atoms in total. The zero-order chi connectivity index (χ0) is 43.6. The smallest absolute Gasteiger partial charge is 0.238 e. The molecule has 0 unspecified atom stereocenters. The molecule has 0 aliphatic rings. The van der Waals surface area contributed by atoms with Crippen LogP contribution in [0.5, 0.6) is 0 Å². The van der Waals surface area contributed by atoms with E-state index in [0.717, 1.165) is 55.3 Å². The van der Waals surface area contributed by atoms with Crippen LogP contribution in [-0.2, 0) is 0 Å². The average Bonchev–Trinajstić information content (AvgIpc) is 3.91. The lowest BCUT2D eigenvalue weighted by atomic mass is 9.91. The molecule has 0 aliphatic heterocycles. The Hall–Kier alpha value is -8.93. The number of aromatic nitrogens is 5. The van der Waals surface area contributed by atoms with Crippen LogP contribution in [-0.4, -0.2) is 24.1 Å². The average molecular weight is 842 g/mol. The van der Waals surface area contributed by atoms with Crippen molar-refractivity contribution in [1.29, 1.82) is 0 Å². The maximum Gasteiger partial charge on any atom is 0.238 e. The molecule has 0 saturated carbocycles. The minimum absolute atomic E-state index is 0.568. The number of fused-ring (bicyclic) bond motifs is 7. The van der Waals surface area contributed by atoms with Crippen molar-refractivity contribution in [2.45, 2.75) is 0 Å². The first kappa shape index (κ1) is 37.6. The van der Waals surface area contributed by atoms with Crippen molar-refractivity contribution in [3.05, 3.63) is 237 Å². The summed E-state index contributed by atoms with van der Waals surface area (Å²) in [5.74, 6) is 1.80. The summed E-state index contributed by atoms with van der Waals surface area (Å²) in [6, 6.07) is 84.1. The highest BCUT2D eigenvalue weighted by Gasteiger charge is 2.20. The molecule has 3 aromatic heterocycles. The molecule has 0 fully saturated rings. The lowest BCUT2D eigenvalue weighted by Crippen LogP contribution is -2.06. The van der Waals surface area contributed by atoms with Crippen molar-refractivity contribution >= 4 is 54.4 Å². The van der Waals surface area contributed by atoms with Gasteiger partial charge in [-0.25, -0.2) is 4.98 Å². The fourth-order valence-corrected chi connectivity index (χ4v) is 9.92. The first-order valence-corrected chi connectivity index (χ1v) is 22.4. The number of nitrogens with zero attached hydrogens (tertiary/aromatic N) is 5. The first-order chi connectivity index (χ1) is 32.7. The van der Waals surface area contributed by atoms with Crippen LogP contribution in [0.1, 0.15) is 0 Å². The van der Waals surface area contributed by atoms with Crippen LogP contribution in [0.25, 0.3) is 122 Å². The van der Waals surface area contributed by atoms with Crippen LogP contribution in [0, 0.1) is 0 Å². The summed E-state index contributed by atoms with van der Waals surface area (Å²) in [6.45, 7) is 0. The largest absolute Gasteiger partial charge is 0.309 e. The molecule has 0 amide bonds. The quantitative estimate of drug-likeness (QED) is 0.161. The SMILES string of the molecule is c1ccc(-c2nc(-c3ccc(-c4cccc5cccc(-c6ccccc6)c45)cc3)nc(-n3c4ccccc4c4cc(-c5ccc6c(c5)c5ccccc5n6-c5ccccc5)ccc43)n2)cc1. The first-order valence-electron chi connectivity index (χ1n) is 22.4. The molecule has 10 aromatic carbocycles. The molecule has 5 heteroatoms. The molecule has 13 aromatic rings. The van der Waals surface area contributed by atoms with Crippen LogP contribution in [0.3, 0.4) is 0 Å². The Labute approximate surface area is 381 Å². The molecule has 0 N–H and O–H groups in total. The van der Waals surface area contributed by atoms with Gasteiger partial charge in [-0.15, -0.1) is 0 Å². The molecular formula is C61H39N5. The molecule has 0 aliphatic carbocycles. The van der Waals surface area contributed by atoms with Gasteiger partial charge < -0.3 is 4.57 Å². The number of hydrogen-bond acceptors (Lipinski definition) is 3. The summed E-state index contributed by atoms with van der Waals surface area (Å²) in [7, 11) is 0. The summed E-state index contributed by atoms with van der Waals surface area (Å²) >= 11 is 0. The molecule has 0 spiro atoms. The van der Waals surface area contributed by atoms with E-state index in [4.69, 9.17) is 15.0 Å². The van der Waals surface area contributed by atoms with Gasteiger partial charge in [0.25, 0.3) is 0 Å². The van der Waals surface area contributed by atoms with E-state index in [9.17, 15) is 0 Å². The zero-order valence-electron chi connectivity index (χ0n) is 35.8. The van der Waals surface area contributed by atoms with Crippen molar-refractivity contribution in [2.75, 3.05) is 0 Å². The summed E-state index contributed by atoms with van der Waals surface area (Å²) in [6.07, 6.45) is 0. The summed E-state index contributed by atoms with van der Waals surface area (Å²) in [5.41, 5.74) is 14.5. The van der Waals surface area contributed by atoms with Crippen LogP contribution < -0.4 is 0 Å². The number of benzene rings is 10. The lowest BCUT2D eigenvalue weighted by Gasteiger charge is -2.13. The molecule has 0 radical (unpaired) electrons. The van der Waals surface area contributed by atoms with Gasteiger partial charge >= 0.3 is 0 Å². The Kier molecular flexibility index (Phi) is 8.78. The van der Waals surface area contributed by atoms with E-state index in [1.807, 2.05) is 18.2 Å². The summed E-state index contributed by atoms with van der Waals surface area (Å²) in [4.78, 5) is 15.6. The maximum absolute atomic E-state index is 5.29. The molecule has 0 saturated heterocycles. The predicted octanol–water partition coefficient (Wildman–Crippen LogP) is 15.6. The van der Waals surface area contributed by atoms with E-state index in [0.29, 0.717) is 17.6 Å². The second kappa shape index (κ2) is 15.4. The van der Waals surface area contributed by atoms with Crippen molar-refractivity contribution in [1.82, 2.24) is 24.1 Å². The van der Waals surface area contributed by atoms with Gasteiger partial charge in [-0.1, -0.05) is 188 Å². The highest BCUT2D eigenvalue weighted by molar-refractivity contribution is 6.13. The van der Waals surface area contributed by atoms with E-state index in [2.05, 4.69) is 228 Å². The van der Waals surface area contributed by atoms with E-state index in [1.54, 1.807) is 0 Å². The van der Waals surface area contributed by atoms with E-state index in [-0.39, 0.29) is 0 Å². The van der Waals surface area contributed by atoms with E-state index < -0.39 is 0 Å². The van der Waals surface area contributed by atoms with Gasteiger partial charge in [-0.2, -0.15) is 9.97 Å². The van der Waals surface area contributed by atoms with Crippen LogP contribution >= 0.6 is 0 Å². The summed E-state index contributed by atoms with van der Waals surface area (Å²) in [5, 5.41) is 7.16. The summed E-state index contributed by atoms with van der Waals surface area (Å²) < 4.78 is 4.55. The molecule has 308 valence electrons. The maximum atomic E-state index is 5.29. The lowest BCUT2D eigenvalue weighted by molar-refractivity contribution is 0.953. The minimum Gasteiger partial charge on any atom is -0.309 e.